The molecule has 0 spiro atoms. The van der Waals surface area contributed by atoms with Gasteiger partial charge in [-0.3, -0.25) is 9.59 Å². The Bertz CT molecular complexity index is 744. The predicted octanol–water partition coefficient (Wildman–Crippen LogP) is 2.57. The summed E-state index contributed by atoms with van der Waals surface area (Å²) in [6, 6.07) is 7.47. The number of benzene rings is 1. The van der Waals surface area contributed by atoms with Crippen LogP contribution in [0.5, 0.6) is 0 Å². The first kappa shape index (κ1) is 15.1. The number of thiazole rings is 1. The summed E-state index contributed by atoms with van der Waals surface area (Å²) in [6.07, 6.45) is 0. The second-order valence-corrected chi connectivity index (χ2v) is 7.65. The number of hydrogen-bond donors (Lipinski definition) is 2. The van der Waals surface area contributed by atoms with Crippen molar-refractivity contribution in [1.29, 1.82) is 0 Å². The van der Waals surface area contributed by atoms with Crippen LogP contribution in [0.15, 0.2) is 34.5 Å². The number of hydrogen-bond acceptors (Lipinski definition) is 5. The van der Waals surface area contributed by atoms with Gasteiger partial charge in [-0.05, 0) is 26.0 Å². The number of fused-ring (bicyclic) bond motifs is 1. The number of thioether (sulfide) groups is 1. The molecule has 114 valence electrons. The number of amides is 2. The van der Waals surface area contributed by atoms with E-state index >= 15 is 0 Å². The molecule has 1 aromatic carbocycles. The molecule has 3 rings (SSSR count). The Kier molecular flexibility index (Phi) is 3.92. The molecular weight excluding hydrogens is 318 g/mol. The number of nitrogens with one attached hydrogen (secondary N) is 2. The number of carbonyl (C=O) groups is 2. The lowest BCUT2D eigenvalue weighted by Crippen LogP contribution is -2.51. The van der Waals surface area contributed by atoms with Crippen LogP contribution in [0.2, 0.25) is 0 Å². The van der Waals surface area contributed by atoms with Crippen molar-refractivity contribution in [3.63, 3.8) is 0 Å². The highest BCUT2D eigenvalue weighted by Crippen LogP contribution is 2.42. The predicted molar refractivity (Wildman–Crippen MR) is 88.0 cm³/mol. The Morgan fingerprint density at radius 2 is 2.18 bits per heavy atom. The number of para-hydroxylation sites is 1. The maximum atomic E-state index is 12.5. The average Bonchev–Trinajstić information content (AvgIpc) is 2.91. The molecule has 0 aliphatic carbocycles. The van der Waals surface area contributed by atoms with Crippen molar-refractivity contribution in [2.24, 2.45) is 0 Å². The van der Waals surface area contributed by atoms with Gasteiger partial charge in [-0.1, -0.05) is 23.9 Å². The van der Waals surface area contributed by atoms with Crippen molar-refractivity contribution in [2.75, 3.05) is 5.32 Å². The fraction of sp³-hybridized carbons (Fsp3) is 0.267. The highest BCUT2D eigenvalue weighted by atomic mass is 32.2. The number of carbonyl (C=O) groups excluding carboxylic acids is 2. The Morgan fingerprint density at radius 3 is 2.91 bits per heavy atom. The summed E-state index contributed by atoms with van der Waals surface area (Å²) in [4.78, 5) is 30.0. The lowest BCUT2D eigenvalue weighted by Gasteiger charge is -2.31. The number of rotatable bonds is 3. The van der Waals surface area contributed by atoms with Crippen LogP contribution in [0.25, 0.3) is 0 Å². The molecular formula is C15H15N3O2S2. The molecule has 1 atom stereocenters. The molecule has 5 nitrogen and oxygen atoms in total. The Labute approximate surface area is 136 Å². The topological polar surface area (TPSA) is 71.1 Å². The average molecular weight is 333 g/mol. The molecule has 2 heterocycles. The Morgan fingerprint density at radius 1 is 1.41 bits per heavy atom. The maximum absolute atomic E-state index is 12.5. The molecule has 0 fully saturated rings. The van der Waals surface area contributed by atoms with Gasteiger partial charge in [0.25, 0.3) is 0 Å². The third kappa shape index (κ3) is 2.74. The van der Waals surface area contributed by atoms with Gasteiger partial charge >= 0.3 is 0 Å². The molecule has 7 heteroatoms. The van der Waals surface area contributed by atoms with Crippen LogP contribution in [0, 0.1) is 6.92 Å². The first-order chi connectivity index (χ1) is 10.5. The van der Waals surface area contributed by atoms with Crippen molar-refractivity contribution >= 4 is 40.6 Å². The lowest BCUT2D eigenvalue weighted by atomic mass is 10.1. The number of aryl methyl sites for hydroxylation is 1. The smallest absolute Gasteiger partial charge is 0.250 e. The Hall–Kier alpha value is -1.86. The molecule has 0 saturated carbocycles. The molecule has 2 aromatic rings. The van der Waals surface area contributed by atoms with Crippen LogP contribution in [0.1, 0.15) is 17.6 Å². The molecule has 1 aliphatic heterocycles. The highest BCUT2D eigenvalue weighted by Gasteiger charge is 2.45. The zero-order valence-corrected chi connectivity index (χ0v) is 13.8. The normalized spacial score (nSPS) is 20.2. The van der Waals surface area contributed by atoms with Gasteiger partial charge in [-0.2, -0.15) is 0 Å². The molecule has 0 unspecified atom stereocenters. The van der Waals surface area contributed by atoms with Gasteiger partial charge in [0.2, 0.25) is 11.8 Å². The quantitative estimate of drug-likeness (QED) is 0.847. The van der Waals surface area contributed by atoms with Crippen molar-refractivity contribution in [3.8, 4) is 0 Å². The minimum absolute atomic E-state index is 0.303. The van der Waals surface area contributed by atoms with Crippen LogP contribution in [0.4, 0.5) is 5.69 Å². The minimum Gasteiger partial charge on any atom is -0.349 e. The summed E-state index contributed by atoms with van der Waals surface area (Å²) >= 11 is 2.81. The van der Waals surface area contributed by atoms with Gasteiger partial charge in [0.05, 0.1) is 22.9 Å². The summed E-state index contributed by atoms with van der Waals surface area (Å²) in [5.41, 5.74) is 1.55. The molecule has 0 bridgehead atoms. The summed E-state index contributed by atoms with van der Waals surface area (Å²) in [5.74, 6) is -0.613. The van der Waals surface area contributed by atoms with E-state index in [0.29, 0.717) is 6.54 Å². The van der Waals surface area contributed by atoms with E-state index in [1.165, 1.54) is 23.1 Å². The molecule has 0 saturated heterocycles. The fourth-order valence-electron chi connectivity index (χ4n) is 2.15. The molecule has 22 heavy (non-hydrogen) atoms. The molecule has 0 radical (unpaired) electrons. The number of nitrogens with zero attached hydrogens (tertiary/aromatic N) is 1. The molecule has 2 N–H and O–H groups in total. The van der Waals surface area contributed by atoms with Crippen LogP contribution in [-0.4, -0.2) is 21.5 Å². The Balaban J connectivity index is 1.75. The van der Waals surface area contributed by atoms with Crippen LogP contribution < -0.4 is 10.6 Å². The molecule has 1 aromatic heterocycles. The van der Waals surface area contributed by atoms with Gasteiger partial charge in [-0.25, -0.2) is 4.98 Å². The largest absolute Gasteiger partial charge is 0.349 e. The van der Waals surface area contributed by atoms with Crippen LogP contribution >= 0.6 is 23.1 Å². The summed E-state index contributed by atoms with van der Waals surface area (Å²) < 4.78 is -1.18. The van der Waals surface area contributed by atoms with Crippen molar-refractivity contribution in [2.45, 2.75) is 30.0 Å². The SMILES string of the molecule is Cc1nc(CNC(=O)[C@]2(C)Sc3ccccc3NC2=O)cs1. The number of anilines is 1. The van der Waals surface area contributed by atoms with E-state index in [1.807, 2.05) is 36.6 Å². The van der Waals surface area contributed by atoms with E-state index in [-0.39, 0.29) is 11.8 Å². The van der Waals surface area contributed by atoms with E-state index in [0.717, 1.165) is 21.3 Å². The van der Waals surface area contributed by atoms with Gasteiger partial charge in [0.1, 0.15) is 0 Å². The van der Waals surface area contributed by atoms with Crippen LogP contribution in [-0.2, 0) is 16.1 Å². The maximum Gasteiger partial charge on any atom is 0.250 e. The fourth-order valence-corrected chi connectivity index (χ4v) is 3.88. The van der Waals surface area contributed by atoms with Gasteiger partial charge < -0.3 is 10.6 Å². The second kappa shape index (κ2) is 5.73. The second-order valence-electron chi connectivity index (χ2n) is 5.13. The van der Waals surface area contributed by atoms with E-state index in [2.05, 4.69) is 15.6 Å². The first-order valence-electron chi connectivity index (χ1n) is 6.78. The van der Waals surface area contributed by atoms with E-state index < -0.39 is 4.75 Å². The zero-order chi connectivity index (χ0) is 15.7. The molecule has 1 aliphatic rings. The third-order valence-electron chi connectivity index (χ3n) is 3.41. The van der Waals surface area contributed by atoms with E-state index in [1.54, 1.807) is 6.92 Å². The van der Waals surface area contributed by atoms with Crippen molar-refractivity contribution in [1.82, 2.24) is 10.3 Å². The summed E-state index contributed by atoms with van der Waals surface area (Å²) in [6.45, 7) is 3.89. The zero-order valence-electron chi connectivity index (χ0n) is 12.2. The van der Waals surface area contributed by atoms with Crippen LogP contribution in [0.3, 0.4) is 0 Å². The highest BCUT2D eigenvalue weighted by molar-refractivity contribution is 8.02. The van der Waals surface area contributed by atoms with E-state index in [9.17, 15) is 9.59 Å². The number of aromatic nitrogens is 1. The minimum atomic E-state index is -1.18. The van der Waals surface area contributed by atoms with Crippen molar-refractivity contribution in [3.05, 3.63) is 40.3 Å². The van der Waals surface area contributed by atoms with Gasteiger partial charge in [0.15, 0.2) is 4.75 Å². The monoisotopic (exact) mass is 333 g/mol. The lowest BCUT2D eigenvalue weighted by molar-refractivity contribution is -0.130. The van der Waals surface area contributed by atoms with E-state index in [4.69, 9.17) is 0 Å². The summed E-state index contributed by atoms with van der Waals surface area (Å²) in [5, 5.41) is 8.46. The molecule has 2 amide bonds. The first-order valence-corrected chi connectivity index (χ1v) is 8.47. The van der Waals surface area contributed by atoms with Crippen molar-refractivity contribution < 1.29 is 9.59 Å². The standard InChI is InChI=1S/C15H15N3O2S2/c1-9-17-10(8-21-9)7-16-13(19)15(2)14(20)18-11-5-3-4-6-12(11)22-15/h3-6,8H,7H2,1-2H3,(H,16,19)(H,18,20)/t15-/m0/s1. The van der Waals surface area contributed by atoms with Gasteiger partial charge in [-0.15, -0.1) is 11.3 Å². The summed E-state index contributed by atoms with van der Waals surface area (Å²) in [7, 11) is 0. The third-order valence-corrected chi connectivity index (χ3v) is 5.59. The van der Waals surface area contributed by atoms with Gasteiger partial charge in [0, 0.05) is 10.3 Å².